The highest BCUT2D eigenvalue weighted by Gasteiger charge is 2.13. The summed E-state index contributed by atoms with van der Waals surface area (Å²) >= 11 is 0. The maximum absolute atomic E-state index is 13.1. The summed E-state index contributed by atoms with van der Waals surface area (Å²) in [4.78, 5) is 16.3. The zero-order valence-electron chi connectivity index (χ0n) is 14.1. The highest BCUT2D eigenvalue weighted by atomic mass is 19.1. The minimum atomic E-state index is -0.531. The molecular weight excluding hydrogens is 347 g/mol. The lowest BCUT2D eigenvalue weighted by Crippen LogP contribution is -2.08. The molecule has 132 valence electrons. The standard InChI is InChI=1S/C19H13FN6O/c20-17-9-13(5-7-22-17)6-8-27-19-23-11-14(10-21)18(25-19)26-12-24-15-3-1-2-4-16(15)26/h1-5,7,9,11-12H,6,8H2. The van der Waals surface area contributed by atoms with E-state index in [0.29, 0.717) is 17.8 Å². The van der Waals surface area contributed by atoms with E-state index >= 15 is 0 Å². The third kappa shape index (κ3) is 3.43. The Hall–Kier alpha value is -3.86. The van der Waals surface area contributed by atoms with Crippen LogP contribution in [0.5, 0.6) is 6.01 Å². The molecule has 0 aliphatic carbocycles. The molecule has 0 unspecified atom stereocenters. The molecule has 0 bridgehead atoms. The zero-order chi connectivity index (χ0) is 18.6. The number of imidazole rings is 1. The van der Waals surface area contributed by atoms with Crippen molar-refractivity contribution < 1.29 is 9.13 Å². The lowest BCUT2D eigenvalue weighted by atomic mass is 10.2. The first-order chi connectivity index (χ1) is 13.2. The Bertz CT molecular complexity index is 1150. The number of fused-ring (bicyclic) bond motifs is 1. The lowest BCUT2D eigenvalue weighted by Gasteiger charge is -2.09. The second kappa shape index (κ2) is 7.17. The number of ether oxygens (including phenoxy) is 1. The van der Waals surface area contributed by atoms with Crippen LogP contribution in [0.15, 0.2) is 55.1 Å². The van der Waals surface area contributed by atoms with E-state index in [4.69, 9.17) is 4.74 Å². The molecule has 4 rings (SSSR count). The van der Waals surface area contributed by atoms with Gasteiger partial charge in [-0.1, -0.05) is 12.1 Å². The van der Waals surface area contributed by atoms with Crippen LogP contribution in [0.2, 0.25) is 0 Å². The van der Waals surface area contributed by atoms with Crippen LogP contribution in [-0.2, 0) is 6.42 Å². The summed E-state index contributed by atoms with van der Waals surface area (Å²) in [6.45, 7) is 0.263. The fraction of sp³-hybridized carbons (Fsp3) is 0.105. The summed E-state index contributed by atoms with van der Waals surface area (Å²) in [7, 11) is 0. The van der Waals surface area contributed by atoms with Gasteiger partial charge in [-0.15, -0.1) is 0 Å². The molecule has 3 heterocycles. The molecule has 0 saturated heterocycles. The summed E-state index contributed by atoms with van der Waals surface area (Å²) in [5.74, 6) is -0.137. The van der Waals surface area contributed by atoms with Gasteiger partial charge in [0.05, 0.1) is 23.8 Å². The van der Waals surface area contributed by atoms with Gasteiger partial charge >= 0.3 is 6.01 Å². The first-order valence-electron chi connectivity index (χ1n) is 8.17. The van der Waals surface area contributed by atoms with E-state index in [1.54, 1.807) is 17.0 Å². The van der Waals surface area contributed by atoms with Gasteiger partial charge in [-0.2, -0.15) is 14.6 Å². The average Bonchev–Trinajstić information content (AvgIpc) is 3.12. The SMILES string of the molecule is N#Cc1cnc(OCCc2ccnc(F)c2)nc1-n1cnc2ccccc21. The number of nitriles is 1. The monoisotopic (exact) mass is 360 g/mol. The van der Waals surface area contributed by atoms with E-state index in [9.17, 15) is 9.65 Å². The normalized spacial score (nSPS) is 10.7. The predicted molar refractivity (Wildman–Crippen MR) is 94.8 cm³/mol. The molecule has 0 spiro atoms. The topological polar surface area (TPSA) is 89.5 Å². The summed E-state index contributed by atoms with van der Waals surface area (Å²) in [6.07, 6.45) is 4.91. The molecule has 0 atom stereocenters. The largest absolute Gasteiger partial charge is 0.463 e. The van der Waals surface area contributed by atoms with Crippen molar-refractivity contribution in [1.29, 1.82) is 5.26 Å². The number of pyridine rings is 1. The van der Waals surface area contributed by atoms with Gasteiger partial charge in [0, 0.05) is 12.6 Å². The molecule has 0 amide bonds. The molecule has 27 heavy (non-hydrogen) atoms. The molecule has 0 fully saturated rings. The van der Waals surface area contributed by atoms with Crippen LogP contribution in [0.25, 0.3) is 16.9 Å². The second-order valence-corrected chi connectivity index (χ2v) is 5.69. The number of aromatic nitrogens is 5. The van der Waals surface area contributed by atoms with Gasteiger partial charge in [-0.25, -0.2) is 15.0 Å². The Balaban J connectivity index is 1.59. The minimum Gasteiger partial charge on any atom is -0.463 e. The van der Waals surface area contributed by atoms with Gasteiger partial charge in [0.2, 0.25) is 5.95 Å². The van der Waals surface area contributed by atoms with Crippen molar-refractivity contribution in [2.24, 2.45) is 0 Å². The molecule has 7 nitrogen and oxygen atoms in total. The van der Waals surface area contributed by atoms with E-state index < -0.39 is 5.95 Å². The van der Waals surface area contributed by atoms with Gasteiger partial charge < -0.3 is 4.74 Å². The first kappa shape index (κ1) is 16.6. The van der Waals surface area contributed by atoms with Crippen LogP contribution >= 0.6 is 0 Å². The van der Waals surface area contributed by atoms with Crippen LogP contribution in [0.4, 0.5) is 4.39 Å². The molecule has 0 radical (unpaired) electrons. The Labute approximate surface area is 153 Å². The number of para-hydroxylation sites is 2. The highest BCUT2D eigenvalue weighted by molar-refractivity contribution is 5.77. The van der Waals surface area contributed by atoms with Crippen molar-refractivity contribution in [2.75, 3.05) is 6.61 Å². The molecule has 4 aromatic rings. The molecule has 0 aliphatic rings. The maximum Gasteiger partial charge on any atom is 0.318 e. The number of halogens is 1. The van der Waals surface area contributed by atoms with Crippen molar-refractivity contribution >= 4 is 11.0 Å². The third-order valence-electron chi connectivity index (χ3n) is 3.96. The average molecular weight is 360 g/mol. The zero-order valence-corrected chi connectivity index (χ0v) is 14.1. The number of nitrogens with zero attached hydrogens (tertiary/aromatic N) is 6. The molecule has 8 heteroatoms. The van der Waals surface area contributed by atoms with Crippen LogP contribution in [0.1, 0.15) is 11.1 Å². The van der Waals surface area contributed by atoms with Crippen LogP contribution in [0, 0.1) is 17.3 Å². The Kier molecular flexibility index (Phi) is 4.41. The van der Waals surface area contributed by atoms with Gasteiger partial charge in [0.1, 0.15) is 18.0 Å². The maximum atomic E-state index is 13.1. The smallest absolute Gasteiger partial charge is 0.318 e. The minimum absolute atomic E-state index is 0.135. The molecule has 0 aliphatic heterocycles. The second-order valence-electron chi connectivity index (χ2n) is 5.69. The van der Waals surface area contributed by atoms with E-state index in [2.05, 4.69) is 26.0 Å². The molecule has 3 aromatic heterocycles. The van der Waals surface area contributed by atoms with Crippen molar-refractivity contribution in [1.82, 2.24) is 24.5 Å². The van der Waals surface area contributed by atoms with Gasteiger partial charge in [-0.3, -0.25) is 4.57 Å². The third-order valence-corrected chi connectivity index (χ3v) is 3.96. The fourth-order valence-corrected chi connectivity index (χ4v) is 2.68. The number of hydrogen-bond donors (Lipinski definition) is 0. The number of hydrogen-bond acceptors (Lipinski definition) is 6. The van der Waals surface area contributed by atoms with Gasteiger partial charge in [0.25, 0.3) is 0 Å². The molecule has 0 saturated carbocycles. The number of benzene rings is 1. The Morgan fingerprint density at radius 3 is 2.89 bits per heavy atom. The van der Waals surface area contributed by atoms with E-state index in [0.717, 1.165) is 16.6 Å². The quantitative estimate of drug-likeness (QED) is 0.509. The first-order valence-corrected chi connectivity index (χ1v) is 8.17. The van der Waals surface area contributed by atoms with E-state index in [-0.39, 0.29) is 12.6 Å². The van der Waals surface area contributed by atoms with E-state index in [1.807, 2.05) is 24.3 Å². The van der Waals surface area contributed by atoms with Crippen molar-refractivity contribution in [2.45, 2.75) is 6.42 Å². The highest BCUT2D eigenvalue weighted by Crippen LogP contribution is 2.20. The van der Waals surface area contributed by atoms with Crippen LogP contribution < -0.4 is 4.74 Å². The fourth-order valence-electron chi connectivity index (χ4n) is 2.68. The van der Waals surface area contributed by atoms with Crippen LogP contribution in [-0.4, -0.2) is 31.1 Å². The summed E-state index contributed by atoms with van der Waals surface area (Å²) in [5, 5.41) is 9.38. The molecule has 0 N–H and O–H groups in total. The van der Waals surface area contributed by atoms with Crippen LogP contribution in [0.3, 0.4) is 0 Å². The van der Waals surface area contributed by atoms with Crippen molar-refractivity contribution in [3.63, 3.8) is 0 Å². The molecule has 1 aromatic carbocycles. The lowest BCUT2D eigenvalue weighted by molar-refractivity contribution is 0.295. The number of rotatable bonds is 5. The summed E-state index contributed by atoms with van der Waals surface area (Å²) in [6, 6.07) is 12.8. The Morgan fingerprint density at radius 1 is 1.15 bits per heavy atom. The van der Waals surface area contributed by atoms with Crippen molar-refractivity contribution in [3.8, 4) is 17.9 Å². The predicted octanol–water partition coefficient (Wildman–Crippen LogP) is 2.84. The van der Waals surface area contributed by atoms with Crippen molar-refractivity contribution in [3.05, 3.63) is 72.2 Å². The Morgan fingerprint density at radius 2 is 2.04 bits per heavy atom. The summed E-state index contributed by atoms with van der Waals surface area (Å²) < 4.78 is 20.4. The molecular formula is C19H13FN6O. The van der Waals surface area contributed by atoms with Gasteiger partial charge in [-0.05, 0) is 29.8 Å². The summed E-state index contributed by atoms with van der Waals surface area (Å²) in [5.41, 5.74) is 2.69. The van der Waals surface area contributed by atoms with E-state index in [1.165, 1.54) is 18.5 Å². The van der Waals surface area contributed by atoms with Gasteiger partial charge in [0.15, 0.2) is 5.82 Å².